The first-order valence-corrected chi connectivity index (χ1v) is 12.0. The van der Waals surface area contributed by atoms with Crippen LogP contribution in [-0.4, -0.2) is 55.1 Å². The smallest absolute Gasteiger partial charge is 0.222 e. The zero-order valence-corrected chi connectivity index (χ0v) is 19.8. The van der Waals surface area contributed by atoms with Crippen LogP contribution in [0.1, 0.15) is 49.7 Å². The van der Waals surface area contributed by atoms with E-state index < -0.39 is 0 Å². The molecular formula is C27H35FN2O3. The third kappa shape index (κ3) is 5.49. The van der Waals surface area contributed by atoms with Crippen LogP contribution in [0.4, 0.5) is 4.39 Å². The Bertz CT molecular complexity index is 966. The fraction of sp³-hybridized carbons (Fsp3) is 0.519. The average Bonchev–Trinajstić information content (AvgIpc) is 3.07. The molecule has 33 heavy (non-hydrogen) atoms. The molecular weight excluding hydrogens is 419 g/mol. The minimum atomic E-state index is -0.174. The molecule has 0 radical (unpaired) electrons. The predicted molar refractivity (Wildman–Crippen MR) is 127 cm³/mol. The highest BCUT2D eigenvalue weighted by Crippen LogP contribution is 2.39. The summed E-state index contributed by atoms with van der Waals surface area (Å²) in [5.41, 5.74) is 2.18. The highest BCUT2D eigenvalue weighted by atomic mass is 19.1. The van der Waals surface area contributed by atoms with E-state index in [9.17, 15) is 9.18 Å². The molecule has 1 spiro atoms. The van der Waals surface area contributed by atoms with E-state index in [-0.39, 0.29) is 17.3 Å². The molecule has 2 fully saturated rings. The largest absolute Gasteiger partial charge is 0.497 e. The summed E-state index contributed by atoms with van der Waals surface area (Å²) in [5, 5.41) is 0. The van der Waals surface area contributed by atoms with Gasteiger partial charge in [-0.15, -0.1) is 0 Å². The number of aryl methyl sites for hydroxylation is 1. The maximum atomic E-state index is 13.7. The minimum Gasteiger partial charge on any atom is -0.497 e. The van der Waals surface area contributed by atoms with Gasteiger partial charge in [-0.2, -0.15) is 0 Å². The molecule has 0 aliphatic carbocycles. The fourth-order valence-corrected chi connectivity index (χ4v) is 5.55. The number of halogens is 1. The minimum absolute atomic E-state index is 0.126. The van der Waals surface area contributed by atoms with E-state index in [1.807, 2.05) is 29.2 Å². The fourth-order valence-electron chi connectivity index (χ4n) is 5.55. The molecule has 0 saturated carbocycles. The third-order valence-corrected chi connectivity index (χ3v) is 7.38. The molecule has 4 rings (SSSR count). The van der Waals surface area contributed by atoms with E-state index in [1.165, 1.54) is 12.5 Å². The number of nitrogens with zero attached hydrogens (tertiary/aromatic N) is 2. The summed E-state index contributed by atoms with van der Waals surface area (Å²) in [7, 11) is 3.28. The first-order chi connectivity index (χ1) is 16.0. The lowest BCUT2D eigenvalue weighted by atomic mass is 9.87. The molecule has 6 heteroatoms. The number of carbonyl (C=O) groups is 1. The van der Waals surface area contributed by atoms with Crippen molar-refractivity contribution in [2.75, 3.05) is 33.9 Å². The van der Waals surface area contributed by atoms with Crippen molar-refractivity contribution in [1.82, 2.24) is 9.80 Å². The molecule has 0 bridgehead atoms. The summed E-state index contributed by atoms with van der Waals surface area (Å²) >= 11 is 0. The highest BCUT2D eigenvalue weighted by molar-refractivity contribution is 5.76. The van der Waals surface area contributed by atoms with Gasteiger partial charge < -0.3 is 14.4 Å². The van der Waals surface area contributed by atoms with Crippen LogP contribution < -0.4 is 9.47 Å². The summed E-state index contributed by atoms with van der Waals surface area (Å²) in [4.78, 5) is 17.7. The van der Waals surface area contributed by atoms with Crippen molar-refractivity contribution in [3.8, 4) is 11.5 Å². The Hall–Kier alpha value is -2.60. The molecule has 2 aromatic rings. The summed E-state index contributed by atoms with van der Waals surface area (Å²) in [6.07, 6.45) is 6.55. The average molecular weight is 455 g/mol. The second kappa shape index (κ2) is 10.6. The molecule has 0 aromatic heterocycles. The summed E-state index contributed by atoms with van der Waals surface area (Å²) < 4.78 is 24.4. The zero-order valence-electron chi connectivity index (χ0n) is 19.8. The lowest BCUT2D eigenvalue weighted by Gasteiger charge is -2.38. The molecule has 2 aliphatic rings. The molecule has 2 aliphatic heterocycles. The molecule has 0 unspecified atom stereocenters. The van der Waals surface area contributed by atoms with Crippen LogP contribution in [0.3, 0.4) is 0 Å². The van der Waals surface area contributed by atoms with Gasteiger partial charge in [0.15, 0.2) is 0 Å². The number of hydrogen-bond acceptors (Lipinski definition) is 4. The van der Waals surface area contributed by atoms with Crippen LogP contribution >= 0.6 is 0 Å². The lowest BCUT2D eigenvalue weighted by molar-refractivity contribution is -0.131. The van der Waals surface area contributed by atoms with Crippen molar-refractivity contribution in [1.29, 1.82) is 0 Å². The van der Waals surface area contributed by atoms with Gasteiger partial charge in [0.05, 0.1) is 14.2 Å². The number of ether oxygens (including phenoxy) is 2. The van der Waals surface area contributed by atoms with E-state index in [1.54, 1.807) is 26.4 Å². The van der Waals surface area contributed by atoms with E-state index in [0.29, 0.717) is 12.8 Å². The van der Waals surface area contributed by atoms with Gasteiger partial charge in [0.25, 0.3) is 0 Å². The maximum Gasteiger partial charge on any atom is 0.222 e. The molecule has 2 heterocycles. The Morgan fingerprint density at radius 2 is 1.82 bits per heavy atom. The van der Waals surface area contributed by atoms with Crippen LogP contribution in [-0.2, 0) is 17.8 Å². The number of rotatable bonds is 7. The zero-order chi connectivity index (χ0) is 23.3. The molecule has 2 saturated heterocycles. The number of carbonyl (C=O) groups excluding carboxylic acids is 1. The van der Waals surface area contributed by atoms with Crippen molar-refractivity contribution >= 4 is 5.91 Å². The van der Waals surface area contributed by atoms with Crippen molar-refractivity contribution in [3.05, 3.63) is 59.4 Å². The van der Waals surface area contributed by atoms with Gasteiger partial charge in [0.2, 0.25) is 5.91 Å². The Kier molecular flexibility index (Phi) is 7.53. The summed E-state index contributed by atoms with van der Waals surface area (Å²) in [6.45, 7) is 3.43. The molecule has 1 amide bonds. The van der Waals surface area contributed by atoms with Gasteiger partial charge in [-0.1, -0.05) is 18.2 Å². The van der Waals surface area contributed by atoms with Gasteiger partial charge in [0.1, 0.15) is 17.3 Å². The van der Waals surface area contributed by atoms with E-state index >= 15 is 0 Å². The molecule has 5 nitrogen and oxygen atoms in total. The van der Waals surface area contributed by atoms with Gasteiger partial charge in [-0.25, -0.2) is 4.39 Å². The quantitative estimate of drug-likeness (QED) is 0.601. The Balaban J connectivity index is 1.36. The second-order valence-corrected chi connectivity index (χ2v) is 9.29. The number of amides is 1. The van der Waals surface area contributed by atoms with Crippen molar-refractivity contribution in [2.45, 2.75) is 57.0 Å². The number of likely N-dealkylation sites (tertiary alicyclic amines) is 2. The van der Waals surface area contributed by atoms with E-state index in [0.717, 1.165) is 74.5 Å². The predicted octanol–water partition coefficient (Wildman–Crippen LogP) is 4.82. The number of hydrogen-bond donors (Lipinski definition) is 0. The van der Waals surface area contributed by atoms with Gasteiger partial charge >= 0.3 is 0 Å². The van der Waals surface area contributed by atoms with Gasteiger partial charge in [-0.05, 0) is 74.4 Å². The number of benzene rings is 2. The second-order valence-electron chi connectivity index (χ2n) is 9.29. The van der Waals surface area contributed by atoms with Crippen LogP contribution in [0.2, 0.25) is 0 Å². The monoisotopic (exact) mass is 454 g/mol. The van der Waals surface area contributed by atoms with Crippen LogP contribution in [0, 0.1) is 5.82 Å². The van der Waals surface area contributed by atoms with Crippen LogP contribution in [0.15, 0.2) is 42.5 Å². The van der Waals surface area contributed by atoms with Crippen LogP contribution in [0.25, 0.3) is 0 Å². The highest BCUT2D eigenvalue weighted by Gasteiger charge is 2.42. The van der Waals surface area contributed by atoms with Crippen molar-refractivity contribution in [2.24, 2.45) is 0 Å². The maximum absolute atomic E-state index is 13.7. The number of methoxy groups -OCH3 is 2. The van der Waals surface area contributed by atoms with Gasteiger partial charge in [0, 0.05) is 37.7 Å². The summed E-state index contributed by atoms with van der Waals surface area (Å²) in [5.74, 6) is 1.54. The molecule has 1 atom stereocenters. The first-order valence-electron chi connectivity index (χ1n) is 12.0. The third-order valence-electron chi connectivity index (χ3n) is 7.38. The van der Waals surface area contributed by atoms with Crippen LogP contribution in [0.5, 0.6) is 11.5 Å². The Morgan fingerprint density at radius 3 is 2.58 bits per heavy atom. The standard InChI is InChI=1S/C27H35FN2O3/c1-32-24-10-8-22(25(19-24)33-2)9-11-26(31)29-15-4-12-27(14-17-29)13-5-16-30(27)20-21-6-3-7-23(28)18-21/h3,6-8,10,18-19H,4-5,9,11-17,20H2,1-2H3/t27-/m0/s1. The molecule has 0 N–H and O–H groups in total. The normalized spacial score (nSPS) is 21.2. The van der Waals surface area contributed by atoms with Gasteiger partial charge in [-0.3, -0.25) is 9.69 Å². The van der Waals surface area contributed by atoms with E-state index in [2.05, 4.69) is 4.90 Å². The topological polar surface area (TPSA) is 42.0 Å². The molecule has 2 aromatic carbocycles. The Labute approximate surface area is 196 Å². The summed E-state index contributed by atoms with van der Waals surface area (Å²) in [6, 6.07) is 12.7. The lowest BCUT2D eigenvalue weighted by Crippen LogP contribution is -2.44. The molecule has 178 valence electrons. The van der Waals surface area contributed by atoms with Crippen molar-refractivity contribution < 1.29 is 18.7 Å². The van der Waals surface area contributed by atoms with E-state index in [4.69, 9.17) is 9.47 Å². The Morgan fingerprint density at radius 1 is 1.00 bits per heavy atom. The SMILES string of the molecule is COc1ccc(CCC(=O)N2CCC[C@]3(CCCN3Cc3cccc(F)c3)CC2)c(OC)c1. The van der Waals surface area contributed by atoms with Crippen molar-refractivity contribution in [3.63, 3.8) is 0 Å². The first kappa shape index (κ1) is 23.6.